The summed E-state index contributed by atoms with van der Waals surface area (Å²) in [7, 11) is 0. The van der Waals surface area contributed by atoms with Crippen LogP contribution in [0.25, 0.3) is 0 Å². The lowest BCUT2D eigenvalue weighted by molar-refractivity contribution is -0.145. The van der Waals surface area contributed by atoms with E-state index in [-0.39, 0.29) is 12.1 Å². The molecule has 0 aliphatic heterocycles. The van der Waals surface area contributed by atoms with E-state index < -0.39 is 5.60 Å². The van der Waals surface area contributed by atoms with Crippen molar-refractivity contribution in [2.24, 2.45) is 5.92 Å². The number of ether oxygens (including phenoxy) is 3. The van der Waals surface area contributed by atoms with Crippen molar-refractivity contribution in [3.63, 3.8) is 0 Å². The zero-order valence-corrected chi connectivity index (χ0v) is 15.3. The van der Waals surface area contributed by atoms with Crippen LogP contribution in [0.15, 0.2) is 0 Å². The number of carbonyl (C=O) groups is 2. The molecule has 0 aromatic carbocycles. The van der Waals surface area contributed by atoms with Gasteiger partial charge in [0, 0.05) is 13.2 Å². The van der Waals surface area contributed by atoms with Gasteiger partial charge < -0.3 is 19.5 Å². The summed E-state index contributed by atoms with van der Waals surface area (Å²) in [6.45, 7) is 11.6. The zero-order chi connectivity index (χ0) is 17.7. The lowest BCUT2D eigenvalue weighted by Crippen LogP contribution is -2.33. The van der Waals surface area contributed by atoms with Crippen LogP contribution < -0.4 is 5.32 Å². The van der Waals surface area contributed by atoms with Crippen LogP contribution >= 0.6 is 0 Å². The van der Waals surface area contributed by atoms with Gasteiger partial charge in [-0.2, -0.15) is 0 Å². The fourth-order valence-electron chi connectivity index (χ4n) is 1.60. The van der Waals surface area contributed by atoms with Crippen molar-refractivity contribution < 1.29 is 23.8 Å². The second-order valence-corrected chi connectivity index (χ2v) is 6.93. The molecule has 0 saturated carbocycles. The van der Waals surface area contributed by atoms with Crippen molar-refractivity contribution >= 4 is 12.1 Å². The smallest absolute Gasteiger partial charge is 0.407 e. The van der Waals surface area contributed by atoms with Gasteiger partial charge in [0.25, 0.3) is 0 Å². The van der Waals surface area contributed by atoms with Gasteiger partial charge in [0.1, 0.15) is 5.60 Å². The summed E-state index contributed by atoms with van der Waals surface area (Å²) >= 11 is 0. The number of nitrogens with one attached hydrogen (secondary N) is 1. The molecule has 23 heavy (non-hydrogen) atoms. The molecule has 0 fully saturated rings. The molecule has 0 aliphatic carbocycles. The van der Waals surface area contributed by atoms with E-state index in [0.717, 1.165) is 19.3 Å². The van der Waals surface area contributed by atoms with Crippen molar-refractivity contribution in [3.05, 3.63) is 0 Å². The van der Waals surface area contributed by atoms with Gasteiger partial charge in [-0.3, -0.25) is 4.79 Å². The maximum atomic E-state index is 11.4. The van der Waals surface area contributed by atoms with E-state index in [4.69, 9.17) is 14.2 Å². The molecular formula is C17H33NO5. The number of unbranched alkanes of at least 4 members (excludes halogenated alkanes) is 2. The summed E-state index contributed by atoms with van der Waals surface area (Å²) < 4.78 is 15.6. The third-order valence-electron chi connectivity index (χ3n) is 2.66. The van der Waals surface area contributed by atoms with Gasteiger partial charge in [-0.15, -0.1) is 0 Å². The molecule has 0 saturated heterocycles. The highest BCUT2D eigenvalue weighted by Gasteiger charge is 2.15. The molecule has 6 nitrogen and oxygen atoms in total. The van der Waals surface area contributed by atoms with Crippen molar-refractivity contribution in [2.45, 2.75) is 65.9 Å². The average molecular weight is 331 g/mol. The highest BCUT2D eigenvalue weighted by atomic mass is 16.6. The molecule has 0 aromatic heterocycles. The standard InChI is InChI=1S/C17H33NO5/c1-14(2)13-22-15(19)9-12-21-11-8-6-7-10-18-16(20)23-17(3,4)5/h14H,6-13H2,1-5H3,(H,18,20). The zero-order valence-electron chi connectivity index (χ0n) is 15.3. The van der Waals surface area contributed by atoms with Gasteiger partial charge in [0.15, 0.2) is 0 Å². The number of carbonyl (C=O) groups excluding carboxylic acids is 2. The molecule has 0 radical (unpaired) electrons. The van der Waals surface area contributed by atoms with Crippen LogP contribution in [0.4, 0.5) is 4.79 Å². The lowest BCUT2D eigenvalue weighted by Gasteiger charge is -2.19. The van der Waals surface area contributed by atoms with Crippen molar-refractivity contribution in [1.82, 2.24) is 5.32 Å². The summed E-state index contributed by atoms with van der Waals surface area (Å²) in [6, 6.07) is 0. The van der Waals surface area contributed by atoms with Gasteiger partial charge in [-0.25, -0.2) is 4.79 Å². The van der Waals surface area contributed by atoms with Crippen LogP contribution in [0, 0.1) is 5.92 Å². The maximum absolute atomic E-state index is 11.4. The first-order valence-electron chi connectivity index (χ1n) is 8.41. The first-order valence-corrected chi connectivity index (χ1v) is 8.41. The molecule has 136 valence electrons. The Morgan fingerprint density at radius 3 is 2.35 bits per heavy atom. The molecule has 0 bridgehead atoms. The minimum atomic E-state index is -0.464. The van der Waals surface area contributed by atoms with Crippen LogP contribution in [-0.2, 0) is 19.0 Å². The van der Waals surface area contributed by atoms with E-state index in [0.29, 0.717) is 38.7 Å². The SMILES string of the molecule is CC(C)COC(=O)CCOCCCCCNC(=O)OC(C)(C)C. The van der Waals surface area contributed by atoms with E-state index in [9.17, 15) is 9.59 Å². The predicted molar refractivity (Wildman–Crippen MR) is 89.3 cm³/mol. The summed E-state index contributed by atoms with van der Waals surface area (Å²) in [5.41, 5.74) is -0.464. The first-order chi connectivity index (χ1) is 10.7. The summed E-state index contributed by atoms with van der Waals surface area (Å²) in [5.74, 6) is 0.148. The van der Waals surface area contributed by atoms with Crippen molar-refractivity contribution in [3.8, 4) is 0 Å². The van der Waals surface area contributed by atoms with Crippen molar-refractivity contribution in [1.29, 1.82) is 0 Å². The maximum Gasteiger partial charge on any atom is 0.407 e. The number of hydrogen-bond acceptors (Lipinski definition) is 5. The minimum Gasteiger partial charge on any atom is -0.465 e. The Morgan fingerprint density at radius 2 is 1.74 bits per heavy atom. The summed E-state index contributed by atoms with van der Waals surface area (Å²) in [6.07, 6.45) is 2.64. The number of hydrogen-bond donors (Lipinski definition) is 1. The average Bonchev–Trinajstić information content (AvgIpc) is 2.41. The monoisotopic (exact) mass is 331 g/mol. The van der Waals surface area contributed by atoms with Crippen LogP contribution in [-0.4, -0.2) is 44.0 Å². The molecule has 0 aliphatic rings. The second kappa shape index (κ2) is 12.2. The van der Waals surface area contributed by atoms with Gasteiger partial charge in [0.05, 0.1) is 19.6 Å². The highest BCUT2D eigenvalue weighted by Crippen LogP contribution is 2.06. The fraction of sp³-hybridized carbons (Fsp3) is 0.882. The van der Waals surface area contributed by atoms with Crippen LogP contribution in [0.2, 0.25) is 0 Å². The predicted octanol–water partition coefficient (Wildman–Crippen LogP) is 3.29. The molecule has 1 amide bonds. The first kappa shape index (κ1) is 21.7. The molecule has 0 heterocycles. The molecule has 0 rings (SSSR count). The Kier molecular flexibility index (Phi) is 11.5. The molecule has 0 aromatic rings. The third kappa shape index (κ3) is 16.9. The second-order valence-electron chi connectivity index (χ2n) is 6.93. The Hall–Kier alpha value is -1.30. The Bertz CT molecular complexity index is 336. The van der Waals surface area contributed by atoms with E-state index in [2.05, 4.69) is 5.32 Å². The molecular weight excluding hydrogens is 298 g/mol. The van der Waals surface area contributed by atoms with Crippen molar-refractivity contribution in [2.75, 3.05) is 26.4 Å². The van der Waals surface area contributed by atoms with E-state index in [1.165, 1.54) is 0 Å². The molecule has 0 atom stereocenters. The number of amides is 1. The minimum absolute atomic E-state index is 0.208. The normalized spacial score (nSPS) is 11.4. The number of alkyl carbamates (subject to hydrolysis) is 1. The van der Waals surface area contributed by atoms with Crippen LogP contribution in [0.5, 0.6) is 0 Å². The van der Waals surface area contributed by atoms with Gasteiger partial charge in [-0.05, 0) is 46.0 Å². The largest absolute Gasteiger partial charge is 0.465 e. The quantitative estimate of drug-likeness (QED) is 0.464. The topological polar surface area (TPSA) is 73.9 Å². The number of esters is 1. The molecule has 1 N–H and O–H groups in total. The van der Waals surface area contributed by atoms with Gasteiger partial charge >= 0.3 is 12.1 Å². The van der Waals surface area contributed by atoms with Crippen LogP contribution in [0.3, 0.4) is 0 Å². The van der Waals surface area contributed by atoms with Gasteiger partial charge in [0.2, 0.25) is 0 Å². The van der Waals surface area contributed by atoms with E-state index in [1.807, 2.05) is 34.6 Å². The molecule has 0 spiro atoms. The van der Waals surface area contributed by atoms with E-state index in [1.54, 1.807) is 0 Å². The number of rotatable bonds is 11. The Labute approximate surface area is 140 Å². The molecule has 6 heteroatoms. The highest BCUT2D eigenvalue weighted by molar-refractivity contribution is 5.69. The third-order valence-corrected chi connectivity index (χ3v) is 2.66. The fourth-order valence-corrected chi connectivity index (χ4v) is 1.60. The lowest BCUT2D eigenvalue weighted by atomic mass is 10.2. The Morgan fingerprint density at radius 1 is 1.04 bits per heavy atom. The van der Waals surface area contributed by atoms with Crippen LogP contribution in [0.1, 0.15) is 60.3 Å². The summed E-state index contributed by atoms with van der Waals surface area (Å²) in [4.78, 5) is 22.7. The Balaban J connectivity index is 3.34. The molecule has 0 unspecified atom stereocenters. The van der Waals surface area contributed by atoms with E-state index >= 15 is 0 Å². The summed E-state index contributed by atoms with van der Waals surface area (Å²) in [5, 5.41) is 2.72. The van der Waals surface area contributed by atoms with Gasteiger partial charge in [-0.1, -0.05) is 13.8 Å².